The Bertz CT molecular complexity index is 903. The Labute approximate surface area is 165 Å². The highest BCUT2D eigenvalue weighted by molar-refractivity contribution is 7.99. The minimum Gasteiger partial charge on any atom is -0.342 e. The summed E-state index contributed by atoms with van der Waals surface area (Å²) in [5.41, 5.74) is 3.33. The van der Waals surface area contributed by atoms with Crippen LogP contribution in [0.1, 0.15) is 13.8 Å². The van der Waals surface area contributed by atoms with Gasteiger partial charge in [0.1, 0.15) is 0 Å². The molecule has 136 valence electrons. The molecule has 0 unspecified atom stereocenters. The van der Waals surface area contributed by atoms with Gasteiger partial charge in [0.25, 0.3) is 0 Å². The van der Waals surface area contributed by atoms with E-state index in [4.69, 9.17) is 4.99 Å². The monoisotopic (exact) mass is 373 g/mol. The number of benzene rings is 3. The second-order valence-electron chi connectivity index (χ2n) is 6.29. The van der Waals surface area contributed by atoms with Crippen LogP contribution in [0.3, 0.4) is 0 Å². The summed E-state index contributed by atoms with van der Waals surface area (Å²) in [6.07, 6.45) is 0. The number of para-hydroxylation sites is 3. The van der Waals surface area contributed by atoms with Crippen molar-refractivity contribution >= 4 is 34.8 Å². The highest BCUT2D eigenvalue weighted by atomic mass is 32.2. The molecule has 27 heavy (non-hydrogen) atoms. The van der Waals surface area contributed by atoms with E-state index in [9.17, 15) is 0 Å². The molecule has 0 aliphatic carbocycles. The third-order valence-corrected chi connectivity index (χ3v) is 5.79. The first-order valence-corrected chi connectivity index (χ1v) is 10.2. The van der Waals surface area contributed by atoms with Gasteiger partial charge in [-0.1, -0.05) is 54.2 Å². The number of nitrogens with zero attached hydrogens (tertiary/aromatic N) is 3. The second-order valence-corrected chi connectivity index (χ2v) is 7.38. The lowest BCUT2D eigenvalue weighted by Crippen LogP contribution is -2.43. The normalized spacial score (nSPS) is 13.1. The van der Waals surface area contributed by atoms with E-state index in [1.165, 1.54) is 21.2 Å². The summed E-state index contributed by atoms with van der Waals surface area (Å²) in [5.74, 6) is 0.964. The van der Waals surface area contributed by atoms with Gasteiger partial charge in [0.05, 0.1) is 17.1 Å². The Kier molecular flexibility index (Phi) is 5.16. The first kappa shape index (κ1) is 17.7. The van der Waals surface area contributed by atoms with Crippen molar-refractivity contribution in [1.82, 2.24) is 4.90 Å². The van der Waals surface area contributed by atoms with E-state index < -0.39 is 0 Å². The quantitative estimate of drug-likeness (QED) is 0.395. The Morgan fingerprint density at radius 3 is 1.85 bits per heavy atom. The van der Waals surface area contributed by atoms with Crippen LogP contribution in [0.25, 0.3) is 0 Å². The van der Waals surface area contributed by atoms with Crippen molar-refractivity contribution in [3.63, 3.8) is 0 Å². The molecule has 4 heteroatoms. The maximum absolute atomic E-state index is 5.08. The van der Waals surface area contributed by atoms with Gasteiger partial charge < -0.3 is 4.90 Å². The summed E-state index contributed by atoms with van der Waals surface area (Å²) in [6.45, 7) is 6.16. The topological polar surface area (TPSA) is 18.8 Å². The van der Waals surface area contributed by atoms with Crippen molar-refractivity contribution in [2.75, 3.05) is 18.0 Å². The number of fused-ring (bicyclic) bond motifs is 2. The van der Waals surface area contributed by atoms with E-state index in [0.717, 1.165) is 24.7 Å². The SMILES string of the molecule is CCN(CC)C(=Nc1ccccc1)N1c2ccccc2Sc2ccccc21. The fourth-order valence-electron chi connectivity index (χ4n) is 3.31. The maximum Gasteiger partial charge on any atom is 0.211 e. The van der Waals surface area contributed by atoms with Gasteiger partial charge in [-0.3, -0.25) is 4.90 Å². The summed E-state index contributed by atoms with van der Waals surface area (Å²) in [4.78, 5) is 12.2. The van der Waals surface area contributed by atoms with E-state index in [1.807, 2.05) is 30.0 Å². The van der Waals surface area contributed by atoms with E-state index in [-0.39, 0.29) is 0 Å². The minimum absolute atomic E-state index is 0.899. The number of anilines is 2. The predicted octanol–water partition coefficient (Wildman–Crippen LogP) is 6.32. The molecule has 3 aromatic carbocycles. The summed E-state index contributed by atoms with van der Waals surface area (Å²) in [7, 11) is 0. The molecule has 3 aromatic rings. The Morgan fingerprint density at radius 2 is 1.30 bits per heavy atom. The first-order chi connectivity index (χ1) is 13.3. The molecule has 0 fully saturated rings. The van der Waals surface area contributed by atoms with Crippen molar-refractivity contribution in [2.45, 2.75) is 23.6 Å². The molecule has 3 nitrogen and oxygen atoms in total. The van der Waals surface area contributed by atoms with Gasteiger partial charge in [-0.2, -0.15) is 0 Å². The van der Waals surface area contributed by atoms with Gasteiger partial charge in [0.2, 0.25) is 5.96 Å². The number of rotatable bonds is 3. The van der Waals surface area contributed by atoms with Gasteiger partial charge in [0.15, 0.2) is 0 Å². The molecule has 4 rings (SSSR count). The molecule has 0 N–H and O–H groups in total. The molecule has 0 amide bonds. The fourth-order valence-corrected chi connectivity index (χ4v) is 4.36. The number of hydrogen-bond donors (Lipinski definition) is 0. The van der Waals surface area contributed by atoms with Crippen LogP contribution in [0.4, 0.5) is 17.1 Å². The molecule has 0 atom stereocenters. The molecule has 0 radical (unpaired) electrons. The molecule has 0 saturated heterocycles. The van der Waals surface area contributed by atoms with Crippen LogP contribution in [0.5, 0.6) is 0 Å². The van der Waals surface area contributed by atoms with Gasteiger partial charge in [-0.05, 0) is 50.2 Å². The molecule has 0 aromatic heterocycles. The largest absolute Gasteiger partial charge is 0.342 e. The van der Waals surface area contributed by atoms with Crippen LogP contribution in [0, 0.1) is 0 Å². The third kappa shape index (κ3) is 3.45. The average molecular weight is 374 g/mol. The Balaban J connectivity index is 1.93. The molecule has 1 aliphatic rings. The zero-order chi connectivity index (χ0) is 18.6. The Morgan fingerprint density at radius 1 is 0.778 bits per heavy atom. The lowest BCUT2D eigenvalue weighted by atomic mass is 10.2. The zero-order valence-corrected chi connectivity index (χ0v) is 16.5. The van der Waals surface area contributed by atoms with E-state index >= 15 is 0 Å². The molecule has 1 heterocycles. The average Bonchev–Trinajstić information content (AvgIpc) is 2.73. The van der Waals surface area contributed by atoms with Crippen LogP contribution in [-0.2, 0) is 0 Å². The van der Waals surface area contributed by atoms with Gasteiger partial charge in [0, 0.05) is 22.9 Å². The summed E-state index contributed by atoms with van der Waals surface area (Å²) < 4.78 is 0. The summed E-state index contributed by atoms with van der Waals surface area (Å²) in [5, 5.41) is 0. The molecular weight excluding hydrogens is 350 g/mol. The second kappa shape index (κ2) is 7.89. The number of hydrogen-bond acceptors (Lipinski definition) is 2. The molecule has 0 bridgehead atoms. The van der Waals surface area contributed by atoms with Crippen molar-refractivity contribution in [3.8, 4) is 0 Å². The van der Waals surface area contributed by atoms with Crippen LogP contribution >= 0.6 is 11.8 Å². The first-order valence-electron chi connectivity index (χ1n) is 9.36. The lowest BCUT2D eigenvalue weighted by molar-refractivity contribution is 0.459. The summed E-state index contributed by atoms with van der Waals surface area (Å²) >= 11 is 1.82. The van der Waals surface area contributed by atoms with Gasteiger partial charge >= 0.3 is 0 Å². The van der Waals surface area contributed by atoms with Crippen molar-refractivity contribution in [1.29, 1.82) is 0 Å². The smallest absolute Gasteiger partial charge is 0.211 e. The van der Waals surface area contributed by atoms with E-state index in [1.54, 1.807) is 0 Å². The number of guanidine groups is 1. The van der Waals surface area contributed by atoms with Crippen LogP contribution in [-0.4, -0.2) is 23.9 Å². The predicted molar refractivity (Wildman–Crippen MR) is 116 cm³/mol. The lowest BCUT2D eigenvalue weighted by Gasteiger charge is -2.37. The van der Waals surface area contributed by atoms with E-state index in [0.29, 0.717) is 0 Å². The third-order valence-electron chi connectivity index (χ3n) is 4.66. The fraction of sp³-hybridized carbons (Fsp3) is 0.174. The van der Waals surface area contributed by atoms with Crippen molar-refractivity contribution < 1.29 is 0 Å². The molecular formula is C23H23N3S. The van der Waals surface area contributed by atoms with Gasteiger partial charge in [-0.15, -0.1) is 0 Å². The molecule has 0 saturated carbocycles. The van der Waals surface area contributed by atoms with Crippen molar-refractivity contribution in [2.24, 2.45) is 4.99 Å². The van der Waals surface area contributed by atoms with Crippen LogP contribution in [0.15, 0.2) is 93.6 Å². The van der Waals surface area contributed by atoms with Crippen molar-refractivity contribution in [3.05, 3.63) is 78.9 Å². The van der Waals surface area contributed by atoms with Crippen LogP contribution < -0.4 is 4.90 Å². The van der Waals surface area contributed by atoms with E-state index in [2.05, 4.69) is 84.3 Å². The maximum atomic E-state index is 5.08. The number of aliphatic imine (C=N–C) groups is 1. The highest BCUT2D eigenvalue weighted by Gasteiger charge is 2.28. The summed E-state index contributed by atoms with van der Waals surface area (Å²) in [6, 6.07) is 27.3. The van der Waals surface area contributed by atoms with Crippen LogP contribution in [0.2, 0.25) is 0 Å². The molecule has 0 spiro atoms. The standard InChI is InChI=1S/C23H23N3S/c1-3-25(4-2)23(24-18-12-6-5-7-13-18)26-19-14-8-10-16-21(19)27-22-17-11-9-15-20(22)26/h5-17H,3-4H2,1-2H3. The highest BCUT2D eigenvalue weighted by Crippen LogP contribution is 2.48. The Hall–Kier alpha value is -2.72. The van der Waals surface area contributed by atoms with Gasteiger partial charge in [-0.25, -0.2) is 4.99 Å². The minimum atomic E-state index is 0.899. The zero-order valence-electron chi connectivity index (χ0n) is 15.7. The molecule has 1 aliphatic heterocycles.